The molecule has 0 bridgehead atoms. The van der Waals surface area contributed by atoms with Crippen LogP contribution in [0, 0.1) is 0 Å². The summed E-state index contributed by atoms with van der Waals surface area (Å²) in [7, 11) is 3.09. The Kier molecular flexibility index (Phi) is 4.45. The van der Waals surface area contributed by atoms with Gasteiger partial charge < -0.3 is 18.9 Å². The van der Waals surface area contributed by atoms with Crippen molar-refractivity contribution in [3.63, 3.8) is 0 Å². The van der Waals surface area contributed by atoms with E-state index in [-0.39, 0.29) is 11.9 Å². The average molecular weight is 366 g/mol. The van der Waals surface area contributed by atoms with Crippen molar-refractivity contribution in [3.8, 4) is 22.9 Å². The fraction of sp³-hybridized carbons (Fsp3) is 0.263. The predicted octanol–water partition coefficient (Wildman–Crippen LogP) is 2.74. The number of rotatable bonds is 5. The second kappa shape index (κ2) is 7.06. The summed E-state index contributed by atoms with van der Waals surface area (Å²) in [6.07, 6.45) is 4.10. The molecule has 1 aliphatic heterocycles. The quantitative estimate of drug-likeness (QED) is 0.686. The van der Waals surface area contributed by atoms with Crippen molar-refractivity contribution in [2.45, 2.75) is 12.5 Å². The Bertz CT molecular complexity index is 957. The minimum Gasteiger partial charge on any atom is -0.497 e. The van der Waals surface area contributed by atoms with Crippen molar-refractivity contribution in [3.05, 3.63) is 54.2 Å². The first-order chi connectivity index (χ1) is 13.2. The molecule has 1 fully saturated rings. The third-order valence-corrected chi connectivity index (χ3v) is 4.56. The van der Waals surface area contributed by atoms with Crippen LogP contribution in [-0.4, -0.2) is 46.7 Å². The zero-order valence-electron chi connectivity index (χ0n) is 15.0. The molecule has 8 nitrogen and oxygen atoms in total. The molecule has 3 aromatic rings. The van der Waals surface area contributed by atoms with Gasteiger partial charge in [-0.2, -0.15) is 4.98 Å². The number of benzene rings is 1. The second-order valence-electron chi connectivity index (χ2n) is 6.07. The number of hydrogen-bond acceptors (Lipinski definition) is 7. The molecule has 4 rings (SSSR count). The number of aromatic nitrogens is 3. The van der Waals surface area contributed by atoms with Crippen LogP contribution in [0.3, 0.4) is 0 Å². The van der Waals surface area contributed by atoms with Gasteiger partial charge in [0.05, 0.1) is 19.8 Å². The number of hydrogen-bond donors (Lipinski definition) is 0. The summed E-state index contributed by atoms with van der Waals surface area (Å²) in [5.74, 6) is 1.79. The lowest BCUT2D eigenvalue weighted by atomic mass is 10.0. The van der Waals surface area contributed by atoms with E-state index in [0.29, 0.717) is 35.3 Å². The zero-order valence-corrected chi connectivity index (χ0v) is 15.0. The smallest absolute Gasteiger partial charge is 0.258 e. The van der Waals surface area contributed by atoms with Gasteiger partial charge in [-0.15, -0.1) is 0 Å². The fourth-order valence-corrected chi connectivity index (χ4v) is 3.01. The third kappa shape index (κ3) is 3.10. The van der Waals surface area contributed by atoms with E-state index in [1.54, 1.807) is 48.7 Å². The molecule has 138 valence electrons. The van der Waals surface area contributed by atoms with Crippen molar-refractivity contribution in [1.82, 2.24) is 20.0 Å². The largest absolute Gasteiger partial charge is 0.497 e. The summed E-state index contributed by atoms with van der Waals surface area (Å²) < 4.78 is 16.0. The summed E-state index contributed by atoms with van der Waals surface area (Å²) in [6.45, 7) is 0.606. The van der Waals surface area contributed by atoms with E-state index < -0.39 is 0 Å². The molecule has 0 saturated carbocycles. The van der Waals surface area contributed by atoms with Gasteiger partial charge in [0.2, 0.25) is 11.7 Å². The fourth-order valence-electron chi connectivity index (χ4n) is 3.01. The van der Waals surface area contributed by atoms with Gasteiger partial charge in [0, 0.05) is 24.5 Å². The lowest BCUT2D eigenvalue weighted by Gasteiger charge is -2.38. The van der Waals surface area contributed by atoms with Crippen LogP contribution in [-0.2, 0) is 0 Å². The maximum absolute atomic E-state index is 13.0. The molecule has 0 N–H and O–H groups in total. The van der Waals surface area contributed by atoms with E-state index in [4.69, 9.17) is 14.0 Å². The summed E-state index contributed by atoms with van der Waals surface area (Å²) in [5, 5.41) is 4.01. The monoisotopic (exact) mass is 366 g/mol. The van der Waals surface area contributed by atoms with Gasteiger partial charge in [-0.1, -0.05) is 5.16 Å². The van der Waals surface area contributed by atoms with E-state index in [2.05, 4.69) is 15.1 Å². The van der Waals surface area contributed by atoms with Crippen LogP contribution in [0.5, 0.6) is 11.5 Å². The Morgan fingerprint density at radius 2 is 2.15 bits per heavy atom. The summed E-state index contributed by atoms with van der Waals surface area (Å²) in [6, 6.07) is 8.54. The second-order valence-corrected chi connectivity index (χ2v) is 6.07. The Labute approximate surface area is 155 Å². The molecule has 27 heavy (non-hydrogen) atoms. The molecule has 0 spiro atoms. The molecule has 1 amide bonds. The zero-order chi connectivity index (χ0) is 18.8. The number of methoxy groups -OCH3 is 2. The van der Waals surface area contributed by atoms with Crippen molar-refractivity contribution >= 4 is 5.91 Å². The maximum Gasteiger partial charge on any atom is 0.258 e. The van der Waals surface area contributed by atoms with E-state index in [1.165, 1.54) is 7.11 Å². The van der Waals surface area contributed by atoms with E-state index in [9.17, 15) is 4.79 Å². The van der Waals surface area contributed by atoms with Gasteiger partial charge in [-0.05, 0) is 36.8 Å². The van der Waals surface area contributed by atoms with Crippen LogP contribution in [0.25, 0.3) is 11.4 Å². The number of nitrogens with zero attached hydrogens (tertiary/aromatic N) is 4. The minimum atomic E-state index is -0.258. The predicted molar refractivity (Wildman–Crippen MR) is 95.5 cm³/mol. The summed E-state index contributed by atoms with van der Waals surface area (Å²) in [4.78, 5) is 23.2. The molecule has 3 heterocycles. The van der Waals surface area contributed by atoms with E-state index >= 15 is 0 Å². The maximum atomic E-state index is 13.0. The van der Waals surface area contributed by atoms with Gasteiger partial charge in [0.1, 0.15) is 17.5 Å². The lowest BCUT2D eigenvalue weighted by molar-refractivity contribution is 0.0375. The number of amides is 1. The highest BCUT2D eigenvalue weighted by atomic mass is 16.5. The highest BCUT2D eigenvalue weighted by Crippen LogP contribution is 2.36. The highest BCUT2D eigenvalue weighted by molar-refractivity contribution is 5.98. The standard InChI is InChI=1S/C19H18N4O4/c1-25-13-5-6-16(26-2)14(10-13)19(24)23-9-7-15(23)18-21-17(22-27-18)12-4-3-8-20-11-12/h3-6,8,10-11,15H,7,9H2,1-2H3/t15-/m0/s1. The van der Waals surface area contributed by atoms with E-state index in [0.717, 1.165) is 12.0 Å². The van der Waals surface area contributed by atoms with Gasteiger partial charge in [0.25, 0.3) is 5.91 Å². The van der Waals surface area contributed by atoms with Crippen LogP contribution in [0.4, 0.5) is 0 Å². The van der Waals surface area contributed by atoms with Crippen LogP contribution in [0.1, 0.15) is 28.7 Å². The lowest BCUT2D eigenvalue weighted by Crippen LogP contribution is -2.45. The normalized spacial score (nSPS) is 15.9. The molecule has 1 atom stereocenters. The SMILES string of the molecule is COc1ccc(OC)c(C(=O)N2CC[C@H]2c2nc(-c3cccnc3)no2)c1. The Hall–Kier alpha value is -3.42. The van der Waals surface area contributed by atoms with Crippen molar-refractivity contribution in [1.29, 1.82) is 0 Å². The number of likely N-dealkylation sites (tertiary alicyclic amines) is 1. The first-order valence-electron chi connectivity index (χ1n) is 8.48. The minimum absolute atomic E-state index is 0.164. The first kappa shape index (κ1) is 17.0. The van der Waals surface area contributed by atoms with Crippen molar-refractivity contribution in [2.75, 3.05) is 20.8 Å². The Balaban J connectivity index is 1.58. The van der Waals surface area contributed by atoms with E-state index in [1.807, 2.05) is 6.07 Å². The average Bonchev–Trinajstić information content (AvgIpc) is 3.16. The number of carbonyl (C=O) groups is 1. The van der Waals surface area contributed by atoms with Gasteiger partial charge >= 0.3 is 0 Å². The molecular weight excluding hydrogens is 348 g/mol. The molecule has 0 unspecified atom stereocenters. The number of pyridine rings is 1. The molecular formula is C19H18N4O4. The number of ether oxygens (including phenoxy) is 2. The highest BCUT2D eigenvalue weighted by Gasteiger charge is 2.39. The Morgan fingerprint density at radius 3 is 2.81 bits per heavy atom. The summed E-state index contributed by atoms with van der Waals surface area (Å²) in [5.41, 5.74) is 1.20. The van der Waals surface area contributed by atoms with Crippen LogP contribution in [0.2, 0.25) is 0 Å². The number of carbonyl (C=O) groups excluding carboxylic acids is 1. The molecule has 0 radical (unpaired) electrons. The van der Waals surface area contributed by atoms with Gasteiger partial charge in [-0.3, -0.25) is 9.78 Å². The first-order valence-corrected chi connectivity index (χ1v) is 8.48. The molecule has 1 aliphatic rings. The van der Waals surface area contributed by atoms with Crippen LogP contribution >= 0.6 is 0 Å². The molecule has 8 heteroatoms. The Morgan fingerprint density at radius 1 is 1.26 bits per heavy atom. The summed E-state index contributed by atoms with van der Waals surface area (Å²) >= 11 is 0. The molecule has 1 aromatic carbocycles. The van der Waals surface area contributed by atoms with Crippen LogP contribution in [0.15, 0.2) is 47.2 Å². The molecule has 0 aliphatic carbocycles. The topological polar surface area (TPSA) is 90.6 Å². The molecule has 2 aromatic heterocycles. The van der Waals surface area contributed by atoms with Crippen LogP contribution < -0.4 is 9.47 Å². The van der Waals surface area contributed by atoms with Gasteiger partial charge in [-0.25, -0.2) is 0 Å². The third-order valence-electron chi connectivity index (χ3n) is 4.56. The molecule has 1 saturated heterocycles. The van der Waals surface area contributed by atoms with Crippen molar-refractivity contribution in [2.24, 2.45) is 0 Å². The van der Waals surface area contributed by atoms with Crippen molar-refractivity contribution < 1.29 is 18.8 Å². The van der Waals surface area contributed by atoms with Gasteiger partial charge in [0.15, 0.2) is 0 Å².